The first-order valence-electron chi connectivity index (χ1n) is 4.57. The monoisotopic (exact) mass is 224 g/mol. The van der Waals surface area contributed by atoms with Crippen molar-refractivity contribution >= 4 is 11.5 Å². The molecule has 2 aromatic heterocycles. The van der Waals surface area contributed by atoms with E-state index in [0.717, 1.165) is 22.6 Å². The van der Waals surface area contributed by atoms with Gasteiger partial charge in [-0.15, -0.1) is 5.10 Å². The number of nitrogens with zero attached hydrogens (tertiary/aromatic N) is 2. The van der Waals surface area contributed by atoms with Crippen molar-refractivity contribution in [2.75, 3.05) is 0 Å². The molecule has 5 nitrogen and oxygen atoms in total. The SMILES string of the molecule is Cc1nnsc1C(Cc1ccoc1)NN. The molecule has 0 fully saturated rings. The van der Waals surface area contributed by atoms with Gasteiger partial charge in [-0.1, -0.05) is 4.49 Å². The average Bonchev–Trinajstić information content (AvgIpc) is 2.85. The highest BCUT2D eigenvalue weighted by Gasteiger charge is 2.16. The summed E-state index contributed by atoms with van der Waals surface area (Å²) in [6, 6.07) is 1.97. The third-order valence-electron chi connectivity index (χ3n) is 2.22. The Bertz CT molecular complexity index is 411. The summed E-state index contributed by atoms with van der Waals surface area (Å²) in [5.74, 6) is 5.52. The highest BCUT2D eigenvalue weighted by Crippen LogP contribution is 2.22. The van der Waals surface area contributed by atoms with Gasteiger partial charge >= 0.3 is 0 Å². The van der Waals surface area contributed by atoms with Crippen molar-refractivity contribution in [3.8, 4) is 0 Å². The van der Waals surface area contributed by atoms with E-state index in [9.17, 15) is 0 Å². The van der Waals surface area contributed by atoms with Gasteiger partial charge in [0.2, 0.25) is 0 Å². The summed E-state index contributed by atoms with van der Waals surface area (Å²) in [5, 5.41) is 3.96. The van der Waals surface area contributed by atoms with Gasteiger partial charge in [-0.3, -0.25) is 11.3 Å². The van der Waals surface area contributed by atoms with Crippen molar-refractivity contribution in [1.82, 2.24) is 15.0 Å². The van der Waals surface area contributed by atoms with E-state index >= 15 is 0 Å². The largest absolute Gasteiger partial charge is 0.472 e. The van der Waals surface area contributed by atoms with Crippen molar-refractivity contribution < 1.29 is 4.42 Å². The Kier molecular flexibility index (Phi) is 3.10. The smallest absolute Gasteiger partial charge is 0.0935 e. The van der Waals surface area contributed by atoms with Gasteiger partial charge in [0.15, 0.2) is 0 Å². The molecule has 0 radical (unpaired) electrons. The van der Waals surface area contributed by atoms with Crippen LogP contribution in [-0.2, 0) is 6.42 Å². The molecular weight excluding hydrogens is 212 g/mol. The number of hydrazine groups is 1. The van der Waals surface area contributed by atoms with E-state index in [4.69, 9.17) is 10.3 Å². The lowest BCUT2D eigenvalue weighted by Gasteiger charge is -2.12. The molecule has 6 heteroatoms. The Morgan fingerprint density at radius 3 is 3.07 bits per heavy atom. The number of hydrogen-bond acceptors (Lipinski definition) is 6. The van der Waals surface area contributed by atoms with Gasteiger partial charge in [0, 0.05) is 0 Å². The molecule has 3 N–H and O–H groups in total. The molecule has 0 aliphatic rings. The number of aryl methyl sites for hydroxylation is 1. The maximum atomic E-state index is 5.52. The topological polar surface area (TPSA) is 77.0 Å². The van der Waals surface area contributed by atoms with Crippen LogP contribution in [0.15, 0.2) is 23.0 Å². The molecule has 0 aliphatic heterocycles. The Hall–Kier alpha value is -1.24. The van der Waals surface area contributed by atoms with Crippen LogP contribution in [0.1, 0.15) is 22.2 Å². The molecule has 0 saturated carbocycles. The van der Waals surface area contributed by atoms with E-state index in [1.165, 1.54) is 11.5 Å². The molecule has 1 unspecified atom stereocenters. The first kappa shape index (κ1) is 10.3. The van der Waals surface area contributed by atoms with Crippen LogP contribution in [0, 0.1) is 6.92 Å². The summed E-state index contributed by atoms with van der Waals surface area (Å²) in [4.78, 5) is 1.07. The van der Waals surface area contributed by atoms with E-state index in [2.05, 4.69) is 15.0 Å². The minimum absolute atomic E-state index is 0.0441. The summed E-state index contributed by atoms with van der Waals surface area (Å²) in [6.07, 6.45) is 4.15. The van der Waals surface area contributed by atoms with E-state index in [-0.39, 0.29) is 6.04 Å². The lowest BCUT2D eigenvalue weighted by Crippen LogP contribution is -2.29. The molecule has 0 spiro atoms. The predicted molar refractivity (Wildman–Crippen MR) is 57.1 cm³/mol. The molecule has 15 heavy (non-hydrogen) atoms. The lowest BCUT2D eigenvalue weighted by atomic mass is 10.1. The van der Waals surface area contributed by atoms with Gasteiger partial charge in [-0.25, -0.2) is 0 Å². The molecule has 80 valence electrons. The Labute approximate surface area is 91.4 Å². The summed E-state index contributed by atoms with van der Waals surface area (Å²) in [6.45, 7) is 1.93. The highest BCUT2D eigenvalue weighted by atomic mass is 32.1. The summed E-state index contributed by atoms with van der Waals surface area (Å²) in [5.41, 5.74) is 4.80. The second-order valence-corrected chi connectivity index (χ2v) is 4.06. The van der Waals surface area contributed by atoms with Crippen LogP contribution in [0.5, 0.6) is 0 Å². The zero-order valence-corrected chi connectivity index (χ0v) is 9.12. The maximum Gasteiger partial charge on any atom is 0.0935 e. The van der Waals surface area contributed by atoms with Crippen LogP contribution in [0.25, 0.3) is 0 Å². The van der Waals surface area contributed by atoms with Crippen LogP contribution in [0.2, 0.25) is 0 Å². The maximum absolute atomic E-state index is 5.52. The van der Waals surface area contributed by atoms with Gasteiger partial charge in [-0.2, -0.15) is 0 Å². The second-order valence-electron chi connectivity index (χ2n) is 3.28. The third kappa shape index (κ3) is 2.23. The molecule has 1 atom stereocenters. The fourth-order valence-corrected chi connectivity index (χ4v) is 2.13. The average molecular weight is 224 g/mol. The zero-order valence-electron chi connectivity index (χ0n) is 8.30. The number of hydrogen-bond donors (Lipinski definition) is 2. The van der Waals surface area contributed by atoms with Crippen molar-refractivity contribution in [3.63, 3.8) is 0 Å². The molecule has 0 aliphatic carbocycles. The fraction of sp³-hybridized carbons (Fsp3) is 0.333. The highest BCUT2D eigenvalue weighted by molar-refractivity contribution is 7.05. The molecular formula is C9H12N4OS. The predicted octanol–water partition coefficient (Wildman–Crippen LogP) is 1.19. The van der Waals surface area contributed by atoms with E-state index in [0.29, 0.717) is 0 Å². The molecule has 2 rings (SSSR count). The third-order valence-corrected chi connectivity index (χ3v) is 3.16. The summed E-state index contributed by atoms with van der Waals surface area (Å²) in [7, 11) is 0. The Morgan fingerprint density at radius 1 is 1.67 bits per heavy atom. The zero-order chi connectivity index (χ0) is 10.7. The van der Waals surface area contributed by atoms with Gasteiger partial charge in [-0.05, 0) is 36.5 Å². The summed E-state index contributed by atoms with van der Waals surface area (Å²) < 4.78 is 8.90. The first-order valence-corrected chi connectivity index (χ1v) is 5.34. The minimum atomic E-state index is 0.0441. The molecule has 2 heterocycles. The lowest BCUT2D eigenvalue weighted by molar-refractivity contribution is 0.539. The number of nitrogens with two attached hydrogens (primary N) is 1. The second kappa shape index (κ2) is 4.52. The molecule has 2 aromatic rings. The van der Waals surface area contributed by atoms with Crippen molar-refractivity contribution in [2.45, 2.75) is 19.4 Å². The van der Waals surface area contributed by atoms with E-state index in [1.54, 1.807) is 12.5 Å². The Balaban J connectivity index is 2.15. The van der Waals surface area contributed by atoms with Gasteiger partial charge in [0.1, 0.15) is 0 Å². The minimum Gasteiger partial charge on any atom is -0.472 e. The molecule has 0 amide bonds. The van der Waals surface area contributed by atoms with Gasteiger partial charge in [0.05, 0.1) is 29.1 Å². The van der Waals surface area contributed by atoms with Crippen LogP contribution in [0.4, 0.5) is 0 Å². The van der Waals surface area contributed by atoms with Crippen molar-refractivity contribution in [3.05, 3.63) is 34.7 Å². The van der Waals surface area contributed by atoms with Gasteiger partial charge in [0.25, 0.3) is 0 Å². The van der Waals surface area contributed by atoms with Gasteiger partial charge < -0.3 is 4.42 Å². The van der Waals surface area contributed by atoms with Crippen molar-refractivity contribution in [2.24, 2.45) is 5.84 Å². The normalized spacial score (nSPS) is 12.9. The van der Waals surface area contributed by atoms with E-state index in [1.807, 2.05) is 13.0 Å². The van der Waals surface area contributed by atoms with Crippen LogP contribution < -0.4 is 11.3 Å². The number of nitrogens with one attached hydrogen (secondary N) is 1. The van der Waals surface area contributed by atoms with Crippen LogP contribution in [-0.4, -0.2) is 9.59 Å². The quantitative estimate of drug-likeness (QED) is 0.602. The summed E-state index contributed by atoms with van der Waals surface area (Å²) >= 11 is 1.37. The standard InChI is InChI=1S/C9H12N4OS/c1-6-9(15-13-12-6)8(11-10)4-7-2-3-14-5-7/h2-3,5,8,11H,4,10H2,1H3. The fourth-order valence-electron chi connectivity index (χ4n) is 1.43. The van der Waals surface area contributed by atoms with E-state index < -0.39 is 0 Å². The van der Waals surface area contributed by atoms with Crippen LogP contribution >= 0.6 is 11.5 Å². The first-order chi connectivity index (χ1) is 7.31. The number of furan rings is 1. The Morgan fingerprint density at radius 2 is 2.53 bits per heavy atom. The molecule has 0 saturated heterocycles. The number of aromatic nitrogens is 2. The van der Waals surface area contributed by atoms with Crippen LogP contribution in [0.3, 0.4) is 0 Å². The number of rotatable bonds is 4. The van der Waals surface area contributed by atoms with Crippen molar-refractivity contribution in [1.29, 1.82) is 0 Å². The molecule has 0 aromatic carbocycles. The molecule has 0 bridgehead atoms.